The van der Waals surface area contributed by atoms with Gasteiger partial charge in [0.15, 0.2) is 0 Å². The lowest BCUT2D eigenvalue weighted by Gasteiger charge is -2.08. The van der Waals surface area contributed by atoms with E-state index in [1.165, 1.54) is 26.5 Å². The van der Waals surface area contributed by atoms with Crippen LogP contribution in [0.4, 0.5) is 0 Å². The van der Waals surface area contributed by atoms with Gasteiger partial charge in [0.2, 0.25) is 0 Å². The third-order valence-corrected chi connectivity index (χ3v) is 3.80. The molecule has 0 aliphatic carbocycles. The first-order valence-electron chi connectivity index (χ1n) is 5.73. The summed E-state index contributed by atoms with van der Waals surface area (Å²) < 4.78 is 0. The van der Waals surface area contributed by atoms with Crippen molar-refractivity contribution in [3.63, 3.8) is 0 Å². The average Bonchev–Trinajstić information content (AvgIpc) is 2.32. The maximum atomic E-state index is 5.77. The molecule has 17 heavy (non-hydrogen) atoms. The van der Waals surface area contributed by atoms with Crippen LogP contribution in [0, 0.1) is 13.8 Å². The molecule has 0 aromatic heterocycles. The molecule has 0 heterocycles. The summed E-state index contributed by atoms with van der Waals surface area (Å²) in [6.45, 7) is 4.81. The molecule has 88 valence electrons. The second-order valence-corrected chi connectivity index (χ2v) is 5.35. The summed E-state index contributed by atoms with van der Waals surface area (Å²) in [5, 5.41) is 0. The van der Waals surface area contributed by atoms with Crippen molar-refractivity contribution in [2.24, 2.45) is 5.73 Å². The molecule has 0 aliphatic rings. The topological polar surface area (TPSA) is 26.0 Å². The number of hydrogen-bond donors (Lipinski definition) is 1. The fourth-order valence-electron chi connectivity index (χ4n) is 1.66. The molecule has 2 aromatic carbocycles. The highest BCUT2D eigenvalue weighted by Crippen LogP contribution is 2.31. The maximum Gasteiger partial charge on any atom is 0.0189 e. The zero-order valence-electron chi connectivity index (χ0n) is 10.2. The largest absolute Gasteiger partial charge is 0.326 e. The first-order valence-corrected chi connectivity index (χ1v) is 6.55. The molecule has 0 fully saturated rings. The molecule has 2 heteroatoms. The van der Waals surface area contributed by atoms with Crippen LogP contribution >= 0.6 is 11.8 Å². The lowest BCUT2D eigenvalue weighted by atomic mass is 10.1. The molecular weight excluding hydrogens is 226 g/mol. The molecule has 0 amide bonds. The monoisotopic (exact) mass is 243 g/mol. The van der Waals surface area contributed by atoms with Crippen LogP contribution in [-0.2, 0) is 6.54 Å². The van der Waals surface area contributed by atoms with E-state index in [4.69, 9.17) is 5.73 Å². The molecule has 0 bridgehead atoms. The fourth-order valence-corrected chi connectivity index (χ4v) is 2.71. The van der Waals surface area contributed by atoms with Crippen LogP contribution in [-0.4, -0.2) is 0 Å². The van der Waals surface area contributed by atoms with E-state index in [1.54, 1.807) is 11.8 Å². The van der Waals surface area contributed by atoms with Gasteiger partial charge in [-0.25, -0.2) is 0 Å². The summed E-state index contributed by atoms with van der Waals surface area (Å²) >= 11 is 1.78. The van der Waals surface area contributed by atoms with Crippen molar-refractivity contribution in [1.82, 2.24) is 0 Å². The Morgan fingerprint density at radius 3 is 2.24 bits per heavy atom. The third-order valence-electron chi connectivity index (χ3n) is 2.69. The Balaban J connectivity index is 2.28. The minimum absolute atomic E-state index is 0.592. The van der Waals surface area contributed by atoms with E-state index in [-0.39, 0.29) is 0 Å². The number of nitrogens with two attached hydrogens (primary N) is 1. The third kappa shape index (κ3) is 3.11. The maximum absolute atomic E-state index is 5.77. The second kappa shape index (κ2) is 5.39. The normalized spacial score (nSPS) is 10.5. The van der Waals surface area contributed by atoms with Gasteiger partial charge < -0.3 is 5.73 Å². The number of benzene rings is 2. The van der Waals surface area contributed by atoms with Crippen molar-refractivity contribution in [2.45, 2.75) is 30.2 Å². The quantitative estimate of drug-likeness (QED) is 0.884. The zero-order valence-corrected chi connectivity index (χ0v) is 11.1. The van der Waals surface area contributed by atoms with Gasteiger partial charge in [0.05, 0.1) is 0 Å². The molecule has 0 unspecified atom stereocenters. The van der Waals surface area contributed by atoms with Gasteiger partial charge in [-0.05, 0) is 43.2 Å². The van der Waals surface area contributed by atoms with Gasteiger partial charge >= 0.3 is 0 Å². The van der Waals surface area contributed by atoms with E-state index in [0.29, 0.717) is 6.54 Å². The number of rotatable bonds is 3. The summed E-state index contributed by atoms with van der Waals surface area (Å²) in [6.07, 6.45) is 0. The highest BCUT2D eigenvalue weighted by molar-refractivity contribution is 7.99. The zero-order chi connectivity index (χ0) is 12.3. The van der Waals surface area contributed by atoms with Gasteiger partial charge in [0.1, 0.15) is 0 Å². The SMILES string of the molecule is Cc1ccc(Sc2cc(C)ccc2CN)cc1. The van der Waals surface area contributed by atoms with E-state index in [9.17, 15) is 0 Å². The van der Waals surface area contributed by atoms with E-state index < -0.39 is 0 Å². The standard InChI is InChI=1S/C15H17NS/c1-11-4-7-14(8-5-11)17-15-9-12(2)3-6-13(15)10-16/h3-9H,10,16H2,1-2H3. The Labute approximate surface area is 107 Å². The molecule has 0 aliphatic heterocycles. The molecule has 2 N–H and O–H groups in total. The van der Waals surface area contributed by atoms with E-state index in [1.807, 2.05) is 0 Å². The molecule has 0 saturated heterocycles. The Hall–Kier alpha value is -1.25. The van der Waals surface area contributed by atoms with Gasteiger partial charge in [0.25, 0.3) is 0 Å². The van der Waals surface area contributed by atoms with Crippen LogP contribution in [0.5, 0.6) is 0 Å². The highest BCUT2D eigenvalue weighted by Gasteiger charge is 2.03. The van der Waals surface area contributed by atoms with Gasteiger partial charge in [-0.2, -0.15) is 0 Å². The van der Waals surface area contributed by atoms with Crippen molar-refractivity contribution in [1.29, 1.82) is 0 Å². The molecular formula is C15H17NS. The first-order chi connectivity index (χ1) is 8.19. The summed E-state index contributed by atoms with van der Waals surface area (Å²) in [7, 11) is 0. The smallest absolute Gasteiger partial charge is 0.0189 e. The van der Waals surface area contributed by atoms with Crippen LogP contribution < -0.4 is 5.73 Å². The fraction of sp³-hybridized carbons (Fsp3) is 0.200. The molecule has 0 saturated carbocycles. The minimum atomic E-state index is 0.592. The Morgan fingerprint density at radius 2 is 1.59 bits per heavy atom. The van der Waals surface area contributed by atoms with Crippen LogP contribution in [0.2, 0.25) is 0 Å². The molecule has 2 aromatic rings. The van der Waals surface area contributed by atoms with E-state index in [0.717, 1.165) is 0 Å². The predicted molar refractivity (Wildman–Crippen MR) is 74.4 cm³/mol. The summed E-state index contributed by atoms with van der Waals surface area (Å²) in [4.78, 5) is 2.52. The molecule has 0 radical (unpaired) electrons. The highest BCUT2D eigenvalue weighted by atomic mass is 32.2. The van der Waals surface area contributed by atoms with Crippen LogP contribution in [0.3, 0.4) is 0 Å². The van der Waals surface area contributed by atoms with Crippen LogP contribution in [0.25, 0.3) is 0 Å². The van der Waals surface area contributed by atoms with Crippen molar-refractivity contribution >= 4 is 11.8 Å². The first kappa shape index (κ1) is 12.2. The lowest BCUT2D eigenvalue weighted by Crippen LogP contribution is -1.98. The van der Waals surface area contributed by atoms with Crippen LogP contribution in [0.1, 0.15) is 16.7 Å². The van der Waals surface area contributed by atoms with Crippen molar-refractivity contribution < 1.29 is 0 Å². The van der Waals surface area contributed by atoms with Gasteiger partial charge in [0, 0.05) is 16.3 Å². The van der Waals surface area contributed by atoms with E-state index >= 15 is 0 Å². The Kier molecular flexibility index (Phi) is 3.87. The van der Waals surface area contributed by atoms with E-state index in [2.05, 4.69) is 56.3 Å². The van der Waals surface area contributed by atoms with Crippen molar-refractivity contribution in [3.05, 3.63) is 59.2 Å². The number of aryl methyl sites for hydroxylation is 2. The Bertz CT molecular complexity index is 503. The van der Waals surface area contributed by atoms with Gasteiger partial charge in [-0.15, -0.1) is 0 Å². The second-order valence-electron chi connectivity index (χ2n) is 4.23. The molecule has 2 rings (SSSR count). The van der Waals surface area contributed by atoms with Crippen molar-refractivity contribution in [2.75, 3.05) is 0 Å². The lowest BCUT2D eigenvalue weighted by molar-refractivity contribution is 1.02. The Morgan fingerprint density at radius 1 is 0.941 bits per heavy atom. The predicted octanol–water partition coefficient (Wildman–Crippen LogP) is 3.91. The molecule has 0 spiro atoms. The molecule has 1 nitrogen and oxygen atoms in total. The minimum Gasteiger partial charge on any atom is -0.326 e. The van der Waals surface area contributed by atoms with Crippen LogP contribution in [0.15, 0.2) is 52.3 Å². The summed E-state index contributed by atoms with van der Waals surface area (Å²) in [5.74, 6) is 0. The average molecular weight is 243 g/mol. The summed E-state index contributed by atoms with van der Waals surface area (Å²) in [5.41, 5.74) is 9.54. The number of hydrogen-bond acceptors (Lipinski definition) is 2. The summed E-state index contributed by atoms with van der Waals surface area (Å²) in [6, 6.07) is 15.0. The van der Waals surface area contributed by atoms with Gasteiger partial charge in [-0.1, -0.05) is 41.6 Å². The van der Waals surface area contributed by atoms with Gasteiger partial charge in [-0.3, -0.25) is 0 Å². The van der Waals surface area contributed by atoms with Crippen molar-refractivity contribution in [3.8, 4) is 0 Å². The molecule has 0 atom stereocenters.